The summed E-state index contributed by atoms with van der Waals surface area (Å²) in [6.07, 6.45) is 0. The molecule has 0 N–H and O–H groups in total. The molecule has 0 saturated heterocycles. The first-order valence-electron chi connectivity index (χ1n) is 23.3. The Morgan fingerprint density at radius 1 is 0.107 bits per heavy atom. The Balaban J connectivity index is 0. The van der Waals surface area contributed by atoms with Crippen molar-refractivity contribution in [2.45, 2.75) is 0 Å². The van der Waals surface area contributed by atoms with Gasteiger partial charge in [0.05, 0.1) is 0 Å². The number of hydrogen-bond donors (Lipinski definition) is 0. The molecule has 57 unspecified atom stereocenters. The summed E-state index contributed by atoms with van der Waals surface area (Å²) in [7, 11) is 194. The van der Waals surface area contributed by atoms with Crippen LogP contribution in [0.2, 0.25) is 0 Å². The average molecular weight is 3320 g/mol. The van der Waals surface area contributed by atoms with Gasteiger partial charge in [-0.3, -0.25) is 0 Å². The van der Waals surface area contributed by atoms with Gasteiger partial charge in [-0.25, -0.2) is 0 Å². The fourth-order valence-electron chi connectivity index (χ4n) is 6.22. The molecule has 0 heterocycles. The van der Waals surface area contributed by atoms with Gasteiger partial charge in [0.1, 0.15) is 0 Å². The average Bonchev–Trinajstić information content (AvgIpc) is 3.40. The van der Waals surface area contributed by atoms with Crippen LogP contribution in [0.4, 0.5) is 0 Å². The Morgan fingerprint density at radius 3 is 0.291 bits per heavy atom. The minimum atomic E-state index is -0.577. The molecule has 0 spiro atoms. The van der Waals surface area contributed by atoms with Crippen molar-refractivity contribution in [2.24, 2.45) is 0 Å². The van der Waals surface area contributed by atoms with Crippen LogP contribution in [0.5, 0.6) is 0 Å². The standard InChI is InChI=1S/H104P102.V/c1-52-79(54(2)3)94(82(55(4)5)56(6)7)96(85(61(16)17)62(18)19)80(95(83(57(8)9)58(10)11)84(59(12)13)60(14)15)53-81(97(99(86(63(20)21)64(22)23)87(65(24)25)66(26)27)100(88(67(28)29)68(30)31)89(69(32)33)70(34)35)98(101(90(71(36)37)72(38)39)91(73(40)41)74(42)43)102(92(75(44)45)76(46)47)93(77(48)49)78(50)51;/h52-53H,1-51H2;. The second kappa shape index (κ2) is 82.8. The molecule has 0 aromatic rings. The van der Waals surface area contributed by atoms with Crippen molar-refractivity contribution in [2.75, 3.05) is 0 Å². The van der Waals surface area contributed by atoms with Crippen molar-refractivity contribution in [1.29, 1.82) is 0 Å². The maximum Gasteiger partial charge on any atom is 0 e. The van der Waals surface area contributed by atoms with E-state index in [1.54, 1.807) is 0 Å². The van der Waals surface area contributed by atoms with E-state index in [0.29, 0.717) is 0 Å². The van der Waals surface area contributed by atoms with E-state index in [1.807, 2.05) is 0 Å². The SMILES string of the molecule is PPP(P(P)P)P(P(P(P)P)P(P)P)P(P(PP(P(P(P(P(P)P)P(P)P)P(P(P)P)P(P)P)P(P(P(P)P)P(P)P)P(P(P)P)P(P)P)P(P(P(P(P)P)P(P)P)P(P(P)P)P(P)P)P(P(P(P)P)P(P)P)P(P(P)P)P(P)P)P(P(P(P)P)P(P)P)P(P(P)P)P(P)P)P(P(P)P)P(P)P.[V]. The Bertz CT molecular complexity index is 1730. The summed E-state index contributed by atoms with van der Waals surface area (Å²) in [5.74, 6) is 0. The Labute approximate surface area is 818 Å². The van der Waals surface area contributed by atoms with Gasteiger partial charge in [-0.2, -0.15) is 0 Å². The third-order valence-electron chi connectivity index (χ3n) is 9.04. The van der Waals surface area contributed by atoms with E-state index < -0.39 is 224 Å². The van der Waals surface area contributed by atoms with Crippen LogP contribution in [0.15, 0.2) is 0 Å². The van der Waals surface area contributed by atoms with E-state index >= 15 is 0 Å². The smallest absolute Gasteiger partial charge is 0 e. The molecule has 0 fully saturated rings. The van der Waals surface area contributed by atoms with E-state index in [4.69, 9.17) is 0 Å². The van der Waals surface area contributed by atoms with E-state index in [0.717, 1.165) is 15.9 Å². The zero-order chi connectivity index (χ0) is 80.7. The van der Waals surface area contributed by atoms with E-state index in [9.17, 15) is 0 Å². The maximum absolute atomic E-state index is 3.80. The van der Waals surface area contributed by atoms with Crippen molar-refractivity contribution in [3.63, 3.8) is 0 Å². The molecule has 0 aliphatic rings. The molecule has 103 heavy (non-hydrogen) atoms. The van der Waals surface area contributed by atoms with Gasteiger partial charge in [0.25, 0.3) is 0 Å². The third-order valence-corrected chi connectivity index (χ3v) is 732. The number of rotatable bonds is 50. The minimum Gasteiger partial charge on any atom is -0.109 e. The molecule has 0 saturated carbocycles. The molecule has 619 valence electrons. The molecule has 57 atom stereocenters. The quantitative estimate of drug-likeness (QED) is 0.0533. The molecule has 0 nitrogen and oxygen atoms in total. The molecule has 0 bridgehead atoms. The van der Waals surface area contributed by atoms with Crippen LogP contribution < -0.4 is 0 Å². The van der Waals surface area contributed by atoms with E-state index in [2.05, 4.69) is 455 Å². The maximum atomic E-state index is 3.80. The first kappa shape index (κ1) is 149. The summed E-state index contributed by atoms with van der Waals surface area (Å²) < 4.78 is 0. The minimum absolute atomic E-state index is 0. The van der Waals surface area contributed by atoms with Crippen LogP contribution >= 0.6 is 814 Å². The van der Waals surface area contributed by atoms with Gasteiger partial charge in [0, 0.05) is 18.6 Å². The summed E-state index contributed by atoms with van der Waals surface area (Å²) in [5.41, 5.74) is 0. The zero-order valence-corrected chi connectivity index (χ0v) is 159. The second-order valence-electron chi connectivity index (χ2n) is 16.2. The molecule has 0 aliphatic carbocycles. The van der Waals surface area contributed by atoms with Crippen molar-refractivity contribution in [1.82, 2.24) is 0 Å². The predicted molar refractivity (Wildman–Crippen MR) is 851 cm³/mol. The molecule has 0 aliphatic heterocycles. The fourth-order valence-corrected chi connectivity index (χ4v) is 1510. The summed E-state index contributed by atoms with van der Waals surface area (Å²) in [5, 5.41) is 0. The van der Waals surface area contributed by atoms with Crippen LogP contribution in [-0.4, -0.2) is 0 Å². The summed E-state index contributed by atoms with van der Waals surface area (Å²) in [4.78, 5) is 0. The van der Waals surface area contributed by atoms with Crippen LogP contribution in [0.3, 0.4) is 0 Å². The summed E-state index contributed by atoms with van der Waals surface area (Å²) in [6.45, 7) is -19.7. The summed E-state index contributed by atoms with van der Waals surface area (Å²) >= 11 is 0. The van der Waals surface area contributed by atoms with Crippen molar-refractivity contribution in [3.05, 3.63) is 0 Å². The van der Waals surface area contributed by atoms with Crippen LogP contribution in [0, 0.1) is 0 Å². The normalized spacial score (nSPS) is 15.8. The van der Waals surface area contributed by atoms with Crippen LogP contribution in [0.25, 0.3) is 0 Å². The fraction of sp³-hybridized carbons (Fsp3) is 0. The Kier molecular flexibility index (Phi) is 120. The van der Waals surface area contributed by atoms with Gasteiger partial charge < -0.3 is 0 Å². The second-order valence-corrected chi connectivity index (χ2v) is 438. The van der Waals surface area contributed by atoms with E-state index in [1.165, 1.54) is 0 Å². The zero-order valence-electron chi connectivity index (χ0n) is 52.8. The molecular weight excluding hydrogens is 3210 g/mol. The molecule has 1 radical (unpaired) electrons. The van der Waals surface area contributed by atoms with Gasteiger partial charge in [-0.15, -0.1) is 455 Å². The molecule has 0 amide bonds. The van der Waals surface area contributed by atoms with Crippen LogP contribution in [0.1, 0.15) is 0 Å². The first-order valence-corrected chi connectivity index (χ1v) is 209. The Hall–Kier alpha value is 44.4. The monoisotopic (exact) mass is 3320 g/mol. The first-order chi connectivity index (χ1) is 46.5. The van der Waals surface area contributed by atoms with E-state index in [-0.39, 0.29) is 137 Å². The third kappa shape index (κ3) is 53.7. The van der Waals surface area contributed by atoms with Gasteiger partial charge in [-0.1, -0.05) is 7.96 Å². The van der Waals surface area contributed by atoms with Gasteiger partial charge >= 0.3 is 0 Å². The van der Waals surface area contributed by atoms with Crippen molar-refractivity contribution < 1.29 is 18.6 Å². The summed E-state index contributed by atoms with van der Waals surface area (Å²) in [6, 6.07) is 0. The molecule has 0 rings (SSSR count). The molecule has 103 heteroatoms. The largest absolute Gasteiger partial charge is 0.109 e. The van der Waals surface area contributed by atoms with Crippen LogP contribution in [-0.2, 0) is 18.6 Å². The number of hydrogen-bond acceptors (Lipinski definition) is 0. The van der Waals surface area contributed by atoms with Gasteiger partial charge in [-0.05, 0) is 350 Å². The Morgan fingerprint density at radius 2 is 0.194 bits per heavy atom. The predicted octanol–water partition coefficient (Wildman–Crippen LogP) is 60.0. The van der Waals surface area contributed by atoms with Gasteiger partial charge in [0.2, 0.25) is 0 Å². The molecule has 0 aromatic heterocycles. The van der Waals surface area contributed by atoms with Crippen molar-refractivity contribution >= 4 is 814 Å². The topological polar surface area (TPSA) is 0 Å². The van der Waals surface area contributed by atoms with Crippen molar-refractivity contribution in [3.8, 4) is 0 Å². The molecule has 0 aromatic carbocycles. The van der Waals surface area contributed by atoms with Gasteiger partial charge in [0.15, 0.2) is 0 Å². The molecular formula is H104P102V.